The molecule has 246 valence electrons. The summed E-state index contributed by atoms with van der Waals surface area (Å²) in [6, 6.07) is 70.6. The molecule has 0 spiro atoms. The Morgan fingerprint density at radius 2 is 0.755 bits per heavy atom. The highest BCUT2D eigenvalue weighted by Gasteiger charge is 2.18. The van der Waals surface area contributed by atoms with Gasteiger partial charge in [0.25, 0.3) is 0 Å². The first-order valence-corrected chi connectivity index (χ1v) is 18.2. The third-order valence-corrected chi connectivity index (χ3v) is 11.0. The fraction of sp³-hybridized carbons (Fsp3) is 0. The first-order chi connectivity index (χ1) is 26.3. The fourth-order valence-corrected chi connectivity index (χ4v) is 8.49. The van der Waals surface area contributed by atoms with E-state index in [1.807, 2.05) is 0 Å². The van der Waals surface area contributed by atoms with Gasteiger partial charge in [-0.3, -0.25) is 0 Å². The van der Waals surface area contributed by atoms with E-state index < -0.39 is 0 Å². The van der Waals surface area contributed by atoms with Crippen molar-refractivity contribution in [1.29, 1.82) is 0 Å². The summed E-state index contributed by atoms with van der Waals surface area (Å²) in [6.07, 6.45) is 0. The number of hydrogen-bond donors (Lipinski definition) is 0. The smallest absolute Gasteiger partial charge is 0.143 e. The Hall–Kier alpha value is -6.96. The van der Waals surface area contributed by atoms with E-state index in [1.54, 1.807) is 0 Å². The molecular weight excluding hydrogens is 641 g/mol. The van der Waals surface area contributed by atoms with E-state index in [9.17, 15) is 0 Å². The molecule has 10 aromatic carbocycles. The lowest BCUT2D eigenvalue weighted by atomic mass is 9.85. The van der Waals surface area contributed by atoms with Crippen molar-refractivity contribution in [3.05, 3.63) is 194 Å². The van der Waals surface area contributed by atoms with Gasteiger partial charge in [0.15, 0.2) is 0 Å². The number of hydrogen-bond acceptors (Lipinski definition) is 1. The summed E-state index contributed by atoms with van der Waals surface area (Å²) in [5, 5.41) is 12.2. The van der Waals surface area contributed by atoms with E-state index >= 15 is 0 Å². The highest BCUT2D eigenvalue weighted by Crippen LogP contribution is 2.45. The molecule has 1 aromatic heterocycles. The average Bonchev–Trinajstić information content (AvgIpc) is 3.61. The Labute approximate surface area is 307 Å². The third kappa shape index (κ3) is 4.79. The molecule has 1 heteroatoms. The summed E-state index contributed by atoms with van der Waals surface area (Å²) in [4.78, 5) is 0. The second-order valence-corrected chi connectivity index (χ2v) is 14.0. The number of rotatable bonds is 4. The summed E-state index contributed by atoms with van der Waals surface area (Å²) in [5.41, 5.74) is 11.6. The molecule has 1 nitrogen and oxygen atoms in total. The molecule has 0 aliphatic rings. The summed E-state index contributed by atoms with van der Waals surface area (Å²) in [5.74, 6) is 0. The van der Waals surface area contributed by atoms with Crippen molar-refractivity contribution in [1.82, 2.24) is 0 Å². The zero-order valence-corrected chi connectivity index (χ0v) is 28.9. The van der Waals surface area contributed by atoms with Gasteiger partial charge in [-0.1, -0.05) is 164 Å². The van der Waals surface area contributed by atoms with Crippen molar-refractivity contribution >= 4 is 65.0 Å². The molecule has 0 atom stereocenters. The predicted octanol–water partition coefficient (Wildman–Crippen LogP) is 14.9. The minimum atomic E-state index is 0.914. The minimum absolute atomic E-state index is 0.914. The van der Waals surface area contributed by atoms with Crippen LogP contribution in [0.25, 0.3) is 110 Å². The van der Waals surface area contributed by atoms with Crippen molar-refractivity contribution in [2.24, 2.45) is 0 Å². The molecule has 0 fully saturated rings. The van der Waals surface area contributed by atoms with Gasteiger partial charge in [-0.2, -0.15) is 0 Å². The second-order valence-electron chi connectivity index (χ2n) is 14.0. The van der Waals surface area contributed by atoms with E-state index in [2.05, 4.69) is 194 Å². The maximum atomic E-state index is 6.40. The maximum Gasteiger partial charge on any atom is 0.143 e. The van der Waals surface area contributed by atoms with Gasteiger partial charge in [0.05, 0.1) is 0 Å². The maximum absolute atomic E-state index is 6.40. The van der Waals surface area contributed by atoms with Gasteiger partial charge in [0, 0.05) is 16.2 Å². The lowest BCUT2D eigenvalue weighted by Crippen LogP contribution is -1.91. The Morgan fingerprint density at radius 1 is 0.245 bits per heavy atom. The fourth-order valence-electron chi connectivity index (χ4n) is 8.49. The third-order valence-electron chi connectivity index (χ3n) is 11.0. The summed E-state index contributed by atoms with van der Waals surface area (Å²) in [6.45, 7) is 0. The Bertz CT molecular complexity index is 3160. The molecule has 53 heavy (non-hydrogen) atoms. The lowest BCUT2D eigenvalue weighted by Gasteiger charge is -2.18. The van der Waals surface area contributed by atoms with Crippen molar-refractivity contribution in [3.8, 4) is 44.5 Å². The van der Waals surface area contributed by atoms with Gasteiger partial charge < -0.3 is 4.42 Å². The van der Waals surface area contributed by atoms with Crippen LogP contribution in [0.5, 0.6) is 0 Å². The number of fused-ring (bicyclic) bond motifs is 8. The number of benzene rings is 10. The molecule has 0 saturated carbocycles. The Morgan fingerprint density at radius 3 is 1.49 bits per heavy atom. The highest BCUT2D eigenvalue weighted by atomic mass is 16.3. The van der Waals surface area contributed by atoms with Crippen molar-refractivity contribution in [2.45, 2.75) is 0 Å². The van der Waals surface area contributed by atoms with Crippen LogP contribution in [0, 0.1) is 0 Å². The van der Waals surface area contributed by atoms with Gasteiger partial charge in [-0.05, 0) is 113 Å². The minimum Gasteiger partial charge on any atom is -0.455 e. The predicted molar refractivity (Wildman–Crippen MR) is 225 cm³/mol. The van der Waals surface area contributed by atoms with E-state index in [4.69, 9.17) is 4.42 Å². The highest BCUT2D eigenvalue weighted by molar-refractivity contribution is 6.21. The van der Waals surface area contributed by atoms with Crippen molar-refractivity contribution < 1.29 is 4.42 Å². The first kappa shape index (κ1) is 29.7. The quantitative estimate of drug-likeness (QED) is 0.170. The van der Waals surface area contributed by atoms with Crippen LogP contribution in [-0.4, -0.2) is 0 Å². The standard InChI is InChI=1S/C52H32O/c1-2-12-37-30-39(25-22-33(37)10-1)38-13-9-14-41(31-38)51-45-18-7-5-16-43(45)50(44-17-6-8-19-46(44)51)36-23-20-34(21-24-36)40-27-29-49-48(32-40)47-28-26-35-11-3-4-15-42(35)52(47)53-49/h1-32H. The van der Waals surface area contributed by atoms with Gasteiger partial charge in [-0.15, -0.1) is 0 Å². The van der Waals surface area contributed by atoms with Crippen LogP contribution >= 0.6 is 0 Å². The van der Waals surface area contributed by atoms with Crippen molar-refractivity contribution in [2.75, 3.05) is 0 Å². The van der Waals surface area contributed by atoms with Crippen LogP contribution in [0.4, 0.5) is 0 Å². The molecule has 0 N–H and O–H groups in total. The zero-order chi connectivity index (χ0) is 34.9. The molecule has 1 heterocycles. The van der Waals surface area contributed by atoms with Crippen LogP contribution in [0.3, 0.4) is 0 Å². The molecular formula is C52H32O. The number of furan rings is 1. The molecule has 0 unspecified atom stereocenters. The van der Waals surface area contributed by atoms with E-state index in [1.165, 1.54) is 82.2 Å². The molecule has 0 saturated heterocycles. The van der Waals surface area contributed by atoms with E-state index in [-0.39, 0.29) is 0 Å². The van der Waals surface area contributed by atoms with E-state index in [0.29, 0.717) is 0 Å². The second kappa shape index (κ2) is 11.8. The Balaban J connectivity index is 1.03. The van der Waals surface area contributed by atoms with Crippen LogP contribution in [0.15, 0.2) is 199 Å². The topological polar surface area (TPSA) is 13.1 Å². The molecule has 0 amide bonds. The largest absolute Gasteiger partial charge is 0.455 e. The molecule has 11 rings (SSSR count). The molecule has 0 aliphatic heterocycles. The zero-order valence-electron chi connectivity index (χ0n) is 28.9. The van der Waals surface area contributed by atoms with Gasteiger partial charge in [0.2, 0.25) is 0 Å². The van der Waals surface area contributed by atoms with Crippen LogP contribution in [0.1, 0.15) is 0 Å². The normalized spacial score (nSPS) is 11.8. The summed E-state index contributed by atoms with van der Waals surface area (Å²) < 4.78 is 6.40. The lowest BCUT2D eigenvalue weighted by molar-refractivity contribution is 0.672. The van der Waals surface area contributed by atoms with Gasteiger partial charge in [-0.25, -0.2) is 0 Å². The average molecular weight is 673 g/mol. The summed E-state index contributed by atoms with van der Waals surface area (Å²) in [7, 11) is 0. The molecule has 11 aromatic rings. The SMILES string of the molecule is c1cc(-c2ccc3ccccc3c2)cc(-c2c3ccccc3c(-c3ccc(-c4ccc5oc6c7ccccc7ccc6c5c4)cc3)c3ccccc23)c1. The summed E-state index contributed by atoms with van der Waals surface area (Å²) >= 11 is 0. The van der Waals surface area contributed by atoms with Crippen molar-refractivity contribution in [3.63, 3.8) is 0 Å². The Kier molecular flexibility index (Phi) is 6.62. The van der Waals surface area contributed by atoms with Gasteiger partial charge >= 0.3 is 0 Å². The van der Waals surface area contributed by atoms with E-state index in [0.717, 1.165) is 27.3 Å². The van der Waals surface area contributed by atoms with Gasteiger partial charge in [0.1, 0.15) is 11.2 Å². The van der Waals surface area contributed by atoms with Crippen LogP contribution in [-0.2, 0) is 0 Å². The van der Waals surface area contributed by atoms with Crippen LogP contribution < -0.4 is 0 Å². The molecule has 0 bridgehead atoms. The molecule has 0 radical (unpaired) electrons. The monoisotopic (exact) mass is 672 g/mol. The molecule has 0 aliphatic carbocycles. The first-order valence-electron chi connectivity index (χ1n) is 18.2. The van der Waals surface area contributed by atoms with Crippen LogP contribution in [0.2, 0.25) is 0 Å².